The molecule has 0 aromatic rings. The van der Waals surface area contributed by atoms with Crippen molar-refractivity contribution in [3.8, 4) is 0 Å². The highest BCUT2D eigenvalue weighted by atomic mass is 16.5. The van der Waals surface area contributed by atoms with Gasteiger partial charge in [0, 0.05) is 39.4 Å². The summed E-state index contributed by atoms with van der Waals surface area (Å²) in [6.45, 7) is 14.5. The molecule has 4 nitrogen and oxygen atoms in total. The smallest absolute Gasteiger partial charge is 0.0593 e. The number of nitrogens with zero attached hydrogens (tertiary/aromatic N) is 1. The lowest BCUT2D eigenvalue weighted by Crippen LogP contribution is -2.36. The zero-order chi connectivity index (χ0) is 12.1. The summed E-state index contributed by atoms with van der Waals surface area (Å²) in [7, 11) is 0. The maximum atomic E-state index is 5.37. The molecule has 0 aliphatic rings. The second-order valence-electron chi connectivity index (χ2n) is 3.59. The molecule has 4 heteroatoms. The maximum absolute atomic E-state index is 5.37. The van der Waals surface area contributed by atoms with Crippen molar-refractivity contribution in [2.45, 2.75) is 20.8 Å². The molecule has 0 unspecified atom stereocenters. The van der Waals surface area contributed by atoms with Crippen LogP contribution in [0, 0.1) is 0 Å². The molecule has 0 aromatic carbocycles. The van der Waals surface area contributed by atoms with Gasteiger partial charge in [0.15, 0.2) is 0 Å². The van der Waals surface area contributed by atoms with Gasteiger partial charge in [0.1, 0.15) is 0 Å². The molecule has 16 heavy (non-hydrogen) atoms. The van der Waals surface area contributed by atoms with Gasteiger partial charge in [-0.15, -0.1) is 0 Å². The van der Waals surface area contributed by atoms with Gasteiger partial charge >= 0.3 is 0 Å². The zero-order valence-corrected chi connectivity index (χ0v) is 11.1. The first-order chi connectivity index (χ1) is 7.85. The molecule has 0 fully saturated rings. The number of rotatable bonds is 12. The van der Waals surface area contributed by atoms with Gasteiger partial charge < -0.3 is 14.8 Å². The van der Waals surface area contributed by atoms with Gasteiger partial charge in [0.2, 0.25) is 0 Å². The van der Waals surface area contributed by atoms with E-state index in [0.29, 0.717) is 0 Å². The minimum Gasteiger partial charge on any atom is -0.380 e. The lowest BCUT2D eigenvalue weighted by Gasteiger charge is -2.22. The van der Waals surface area contributed by atoms with Crippen LogP contribution in [0.15, 0.2) is 0 Å². The number of likely N-dealkylation sites (N-methyl/N-ethyl adjacent to an activating group) is 1. The van der Waals surface area contributed by atoms with E-state index in [9.17, 15) is 0 Å². The largest absolute Gasteiger partial charge is 0.380 e. The van der Waals surface area contributed by atoms with Gasteiger partial charge in [-0.2, -0.15) is 0 Å². The molecule has 0 bridgehead atoms. The number of ether oxygens (including phenoxy) is 2. The van der Waals surface area contributed by atoms with Crippen LogP contribution in [0.2, 0.25) is 0 Å². The lowest BCUT2D eigenvalue weighted by molar-refractivity contribution is 0.0833. The fourth-order valence-corrected chi connectivity index (χ4v) is 1.43. The second-order valence-corrected chi connectivity index (χ2v) is 3.59. The molecule has 0 aliphatic heterocycles. The second kappa shape index (κ2) is 12.9. The molecule has 0 heterocycles. The molecule has 0 rings (SSSR count). The first-order valence-electron chi connectivity index (χ1n) is 6.43. The van der Waals surface area contributed by atoms with Crippen LogP contribution in [0.3, 0.4) is 0 Å². The van der Waals surface area contributed by atoms with E-state index < -0.39 is 0 Å². The lowest BCUT2D eigenvalue weighted by atomic mass is 10.4. The third-order valence-corrected chi connectivity index (χ3v) is 2.37. The molecule has 0 radical (unpaired) electrons. The Bertz CT molecular complexity index is 110. The van der Waals surface area contributed by atoms with E-state index in [-0.39, 0.29) is 0 Å². The van der Waals surface area contributed by atoms with E-state index >= 15 is 0 Å². The number of hydrogen-bond acceptors (Lipinski definition) is 4. The van der Waals surface area contributed by atoms with E-state index in [2.05, 4.69) is 17.1 Å². The van der Waals surface area contributed by atoms with Gasteiger partial charge in [-0.05, 0) is 20.4 Å². The zero-order valence-electron chi connectivity index (χ0n) is 11.1. The topological polar surface area (TPSA) is 33.7 Å². The fraction of sp³-hybridized carbons (Fsp3) is 1.00. The van der Waals surface area contributed by atoms with Crippen molar-refractivity contribution in [3.05, 3.63) is 0 Å². The Labute approximate surface area is 100 Å². The van der Waals surface area contributed by atoms with Crippen LogP contribution in [0.25, 0.3) is 0 Å². The van der Waals surface area contributed by atoms with Crippen LogP contribution in [-0.4, -0.2) is 64.1 Å². The summed E-state index contributed by atoms with van der Waals surface area (Å²) in [5.74, 6) is 0. The van der Waals surface area contributed by atoms with Crippen molar-refractivity contribution in [2.75, 3.05) is 59.2 Å². The van der Waals surface area contributed by atoms with Crippen LogP contribution >= 0.6 is 0 Å². The van der Waals surface area contributed by atoms with Crippen LogP contribution in [0.1, 0.15) is 20.8 Å². The van der Waals surface area contributed by atoms with Crippen LogP contribution in [0.5, 0.6) is 0 Å². The van der Waals surface area contributed by atoms with Gasteiger partial charge in [-0.1, -0.05) is 6.92 Å². The quantitative estimate of drug-likeness (QED) is 0.508. The Balaban J connectivity index is 3.58. The average molecular weight is 232 g/mol. The molecule has 0 saturated carbocycles. The monoisotopic (exact) mass is 232 g/mol. The van der Waals surface area contributed by atoms with Crippen molar-refractivity contribution in [3.63, 3.8) is 0 Å². The molecule has 98 valence electrons. The van der Waals surface area contributed by atoms with Crippen molar-refractivity contribution in [2.24, 2.45) is 0 Å². The summed E-state index contributed by atoms with van der Waals surface area (Å²) in [6.07, 6.45) is 0. The van der Waals surface area contributed by atoms with Crippen molar-refractivity contribution in [1.29, 1.82) is 0 Å². The molecule has 0 amide bonds. The molecule has 0 aromatic heterocycles. The summed E-state index contributed by atoms with van der Waals surface area (Å²) in [5.41, 5.74) is 0. The van der Waals surface area contributed by atoms with Crippen LogP contribution in [0.4, 0.5) is 0 Å². The van der Waals surface area contributed by atoms with Crippen LogP contribution in [-0.2, 0) is 9.47 Å². The summed E-state index contributed by atoms with van der Waals surface area (Å²) in [6, 6.07) is 0. The Morgan fingerprint density at radius 3 is 1.88 bits per heavy atom. The minimum absolute atomic E-state index is 0.798. The highest BCUT2D eigenvalue weighted by Crippen LogP contribution is 1.89. The SMILES string of the molecule is CCNCCN(CCOCC)CCOCC. The van der Waals surface area contributed by atoms with E-state index in [4.69, 9.17) is 9.47 Å². The predicted octanol–water partition coefficient (Wildman–Crippen LogP) is 0.971. The molecule has 0 saturated heterocycles. The molecular weight excluding hydrogens is 204 g/mol. The van der Waals surface area contributed by atoms with E-state index in [0.717, 1.165) is 59.2 Å². The third kappa shape index (κ3) is 10.4. The predicted molar refractivity (Wildman–Crippen MR) is 68.0 cm³/mol. The van der Waals surface area contributed by atoms with Gasteiger partial charge in [-0.3, -0.25) is 4.90 Å². The summed E-state index contributed by atoms with van der Waals surface area (Å²) in [4.78, 5) is 2.38. The Morgan fingerprint density at radius 1 is 0.875 bits per heavy atom. The van der Waals surface area contributed by atoms with Gasteiger partial charge in [-0.25, -0.2) is 0 Å². The van der Waals surface area contributed by atoms with Crippen LogP contribution < -0.4 is 5.32 Å². The minimum atomic E-state index is 0.798. The molecule has 0 aliphatic carbocycles. The summed E-state index contributed by atoms with van der Waals surface area (Å²) >= 11 is 0. The highest BCUT2D eigenvalue weighted by molar-refractivity contribution is 4.59. The first kappa shape index (κ1) is 15.8. The average Bonchev–Trinajstić information content (AvgIpc) is 2.29. The standard InChI is InChI=1S/C12H28N2O2/c1-4-13-7-8-14(9-11-15-5-2)10-12-16-6-3/h13H,4-12H2,1-3H3. The number of nitrogens with one attached hydrogen (secondary N) is 1. The summed E-state index contributed by atoms with van der Waals surface area (Å²) < 4.78 is 10.7. The normalized spacial score (nSPS) is 11.2. The molecule has 0 spiro atoms. The Hall–Kier alpha value is -0.160. The fourth-order valence-electron chi connectivity index (χ4n) is 1.43. The van der Waals surface area contributed by atoms with Crippen molar-refractivity contribution < 1.29 is 9.47 Å². The Morgan fingerprint density at radius 2 is 1.44 bits per heavy atom. The van der Waals surface area contributed by atoms with Gasteiger partial charge in [0.25, 0.3) is 0 Å². The first-order valence-corrected chi connectivity index (χ1v) is 6.43. The third-order valence-electron chi connectivity index (χ3n) is 2.37. The maximum Gasteiger partial charge on any atom is 0.0593 e. The van der Waals surface area contributed by atoms with E-state index in [1.807, 2.05) is 13.8 Å². The number of hydrogen-bond donors (Lipinski definition) is 1. The van der Waals surface area contributed by atoms with E-state index in [1.54, 1.807) is 0 Å². The highest BCUT2D eigenvalue weighted by Gasteiger charge is 2.03. The van der Waals surface area contributed by atoms with E-state index in [1.165, 1.54) is 0 Å². The Kier molecular flexibility index (Phi) is 12.8. The molecule has 0 atom stereocenters. The van der Waals surface area contributed by atoms with Crippen molar-refractivity contribution >= 4 is 0 Å². The van der Waals surface area contributed by atoms with Gasteiger partial charge in [0.05, 0.1) is 13.2 Å². The molecular formula is C12H28N2O2. The van der Waals surface area contributed by atoms with Crippen molar-refractivity contribution in [1.82, 2.24) is 10.2 Å². The molecule has 1 N–H and O–H groups in total. The summed E-state index contributed by atoms with van der Waals surface area (Å²) in [5, 5.41) is 3.34.